The molecule has 0 saturated carbocycles. The van der Waals surface area contributed by atoms with Crippen LogP contribution in [0.15, 0.2) is 73.2 Å². The SMILES string of the molecule is COCC(=O)N[C@@H](CC(C)C)C(=O)N[C@@H](Cc1cnc[nH]1)C(=O)Nc1ccc2c(c1)Oc1cc(N)ccc1C21OCc2ccccc21. The van der Waals surface area contributed by atoms with E-state index in [1.165, 1.54) is 13.4 Å². The summed E-state index contributed by atoms with van der Waals surface area (Å²) in [7, 11) is 1.40. The molecule has 0 saturated heterocycles. The minimum Gasteiger partial charge on any atom is -0.456 e. The first-order valence-electron chi connectivity index (χ1n) is 15.5. The molecule has 0 radical (unpaired) electrons. The Morgan fingerprint density at radius 1 is 0.979 bits per heavy atom. The number of nitrogen functional groups attached to an aromatic ring is 1. The summed E-state index contributed by atoms with van der Waals surface area (Å²) in [5.74, 6) is -0.198. The van der Waals surface area contributed by atoms with Gasteiger partial charge in [-0.2, -0.15) is 0 Å². The number of fused-ring (bicyclic) bond motifs is 6. The molecule has 0 fully saturated rings. The standard InChI is InChI=1S/C35H38N6O6/c1-20(2)12-28(40-32(42)18-45-3)34(44)41-29(14-24-16-37-19-38-24)33(43)39-23-9-11-27-31(15-23)47-30-13-22(36)8-10-26(30)35(27)25-7-5-4-6-21(25)17-46-35/h4-11,13,15-16,19-20,28-29H,12,14,17-18,36H2,1-3H3,(H,37,38)(H,39,43)(H,40,42)(H,41,44)/t28-,29-,35?/m0/s1. The number of nitrogens with zero attached hydrogens (tertiary/aromatic N) is 1. The van der Waals surface area contributed by atoms with Gasteiger partial charge in [0.05, 0.1) is 12.9 Å². The molecule has 6 N–H and O–H groups in total. The van der Waals surface area contributed by atoms with E-state index in [2.05, 4.69) is 32.0 Å². The largest absolute Gasteiger partial charge is 0.456 e. The van der Waals surface area contributed by atoms with E-state index < -0.39 is 35.4 Å². The Balaban J connectivity index is 1.29. The minimum atomic E-state index is -0.995. The van der Waals surface area contributed by atoms with Gasteiger partial charge in [0.2, 0.25) is 17.7 Å². The highest BCUT2D eigenvalue weighted by molar-refractivity contribution is 5.99. The summed E-state index contributed by atoms with van der Waals surface area (Å²) >= 11 is 0. The first kappa shape index (κ1) is 31.8. The first-order chi connectivity index (χ1) is 22.7. The van der Waals surface area contributed by atoms with Gasteiger partial charge in [-0.05, 0) is 47.7 Å². The number of nitrogens with two attached hydrogens (primary N) is 1. The number of hydrogen-bond acceptors (Lipinski definition) is 8. The zero-order valence-electron chi connectivity index (χ0n) is 26.5. The quantitative estimate of drug-likeness (QED) is 0.155. The number of carbonyl (C=O) groups excluding carboxylic acids is 3. The number of aromatic nitrogens is 2. The molecular formula is C35H38N6O6. The molecule has 1 unspecified atom stereocenters. The van der Waals surface area contributed by atoms with Crippen LogP contribution >= 0.6 is 0 Å². The van der Waals surface area contributed by atoms with E-state index in [-0.39, 0.29) is 18.9 Å². The summed E-state index contributed by atoms with van der Waals surface area (Å²) in [5, 5.41) is 8.50. The number of imidazole rings is 1. The Kier molecular flexibility index (Phi) is 8.97. The second-order valence-corrected chi connectivity index (χ2v) is 12.2. The molecule has 3 atom stereocenters. The van der Waals surface area contributed by atoms with Crippen molar-refractivity contribution in [2.75, 3.05) is 24.8 Å². The van der Waals surface area contributed by atoms with Gasteiger partial charge in [-0.15, -0.1) is 0 Å². The maximum atomic E-state index is 13.8. The molecule has 2 aliphatic rings. The molecule has 3 amide bonds. The van der Waals surface area contributed by atoms with Gasteiger partial charge in [-0.1, -0.05) is 38.1 Å². The molecule has 12 heteroatoms. The summed E-state index contributed by atoms with van der Waals surface area (Å²) in [6.07, 6.45) is 3.61. The van der Waals surface area contributed by atoms with Crippen molar-refractivity contribution in [3.8, 4) is 11.5 Å². The highest BCUT2D eigenvalue weighted by Crippen LogP contribution is 2.56. The van der Waals surface area contributed by atoms with Gasteiger partial charge >= 0.3 is 0 Å². The first-order valence-corrected chi connectivity index (χ1v) is 15.5. The zero-order valence-corrected chi connectivity index (χ0v) is 26.5. The van der Waals surface area contributed by atoms with Crippen molar-refractivity contribution in [3.63, 3.8) is 0 Å². The number of carbonyl (C=O) groups is 3. The van der Waals surface area contributed by atoms with Crippen LogP contribution in [-0.4, -0.2) is 53.5 Å². The molecule has 6 rings (SSSR count). The Hall–Kier alpha value is -5.20. The zero-order chi connectivity index (χ0) is 33.1. The lowest BCUT2D eigenvalue weighted by Crippen LogP contribution is -2.54. The Labute approximate surface area is 272 Å². The maximum absolute atomic E-state index is 13.8. The number of ether oxygens (including phenoxy) is 3. The van der Waals surface area contributed by atoms with Crippen LogP contribution in [0.3, 0.4) is 0 Å². The van der Waals surface area contributed by atoms with Crippen molar-refractivity contribution in [2.24, 2.45) is 5.92 Å². The summed E-state index contributed by atoms with van der Waals surface area (Å²) in [5.41, 5.74) is 10.6. The Bertz CT molecular complexity index is 1790. The predicted octanol–water partition coefficient (Wildman–Crippen LogP) is 3.76. The third kappa shape index (κ3) is 6.42. The van der Waals surface area contributed by atoms with Gasteiger partial charge in [0.25, 0.3) is 0 Å². The lowest BCUT2D eigenvalue weighted by molar-refractivity contribution is -0.132. The molecular weight excluding hydrogens is 600 g/mol. The van der Waals surface area contributed by atoms with E-state index in [0.29, 0.717) is 41.6 Å². The third-order valence-electron chi connectivity index (χ3n) is 8.32. The van der Waals surface area contributed by atoms with Crippen LogP contribution in [0.4, 0.5) is 11.4 Å². The van der Waals surface area contributed by atoms with Gasteiger partial charge in [-0.25, -0.2) is 4.98 Å². The molecule has 1 aromatic heterocycles. The predicted molar refractivity (Wildman–Crippen MR) is 175 cm³/mol. The van der Waals surface area contributed by atoms with E-state index in [0.717, 1.165) is 22.3 Å². The molecule has 3 heterocycles. The van der Waals surface area contributed by atoms with E-state index in [1.54, 1.807) is 24.4 Å². The van der Waals surface area contributed by atoms with E-state index in [9.17, 15) is 14.4 Å². The normalized spacial score (nSPS) is 17.2. The average Bonchev–Trinajstić information content (AvgIpc) is 3.69. The van der Waals surface area contributed by atoms with Crippen LogP contribution < -0.4 is 26.4 Å². The monoisotopic (exact) mass is 638 g/mol. The molecule has 0 aliphatic carbocycles. The minimum absolute atomic E-state index is 0.101. The fourth-order valence-corrected chi connectivity index (χ4v) is 6.25. The molecule has 0 bridgehead atoms. The second-order valence-electron chi connectivity index (χ2n) is 12.2. The summed E-state index contributed by atoms with van der Waals surface area (Å²) in [6, 6.07) is 17.2. The van der Waals surface area contributed by atoms with Crippen molar-refractivity contribution >= 4 is 29.1 Å². The molecule has 1 spiro atoms. The summed E-state index contributed by atoms with van der Waals surface area (Å²) in [4.78, 5) is 46.6. The van der Waals surface area contributed by atoms with E-state index in [1.807, 2.05) is 50.2 Å². The van der Waals surface area contributed by atoms with Crippen molar-refractivity contribution < 1.29 is 28.6 Å². The molecule has 4 aromatic rings. The number of hydrogen-bond donors (Lipinski definition) is 5. The van der Waals surface area contributed by atoms with Gasteiger partial charge in [0.1, 0.15) is 30.2 Å². The van der Waals surface area contributed by atoms with Crippen molar-refractivity contribution in [1.82, 2.24) is 20.6 Å². The lowest BCUT2D eigenvalue weighted by Gasteiger charge is -2.37. The van der Waals surface area contributed by atoms with E-state index >= 15 is 0 Å². The number of methoxy groups -OCH3 is 1. The molecule has 3 aromatic carbocycles. The molecule has 244 valence electrons. The summed E-state index contributed by atoms with van der Waals surface area (Å²) < 4.78 is 17.9. The number of aromatic amines is 1. The van der Waals surface area contributed by atoms with Gasteiger partial charge in [-0.3, -0.25) is 14.4 Å². The van der Waals surface area contributed by atoms with Crippen molar-refractivity contribution in [3.05, 3.63) is 101 Å². The number of amides is 3. The number of rotatable bonds is 11. The highest BCUT2D eigenvalue weighted by Gasteiger charge is 2.49. The summed E-state index contributed by atoms with van der Waals surface area (Å²) in [6.45, 7) is 4.13. The number of nitrogens with one attached hydrogen (secondary N) is 4. The second kappa shape index (κ2) is 13.3. The fourth-order valence-electron chi connectivity index (χ4n) is 6.25. The third-order valence-corrected chi connectivity index (χ3v) is 8.32. The van der Waals surface area contributed by atoms with Crippen LogP contribution in [-0.2, 0) is 42.5 Å². The van der Waals surface area contributed by atoms with Crippen LogP contribution in [0.2, 0.25) is 0 Å². The Morgan fingerprint density at radius 3 is 2.49 bits per heavy atom. The molecule has 2 aliphatic heterocycles. The van der Waals surface area contributed by atoms with Crippen LogP contribution in [0, 0.1) is 5.92 Å². The maximum Gasteiger partial charge on any atom is 0.247 e. The van der Waals surface area contributed by atoms with Crippen molar-refractivity contribution in [1.29, 1.82) is 0 Å². The average molecular weight is 639 g/mol. The topological polar surface area (TPSA) is 170 Å². The van der Waals surface area contributed by atoms with Gasteiger partial charge in [0, 0.05) is 60.1 Å². The lowest BCUT2D eigenvalue weighted by atomic mass is 9.77. The van der Waals surface area contributed by atoms with Crippen LogP contribution in [0.1, 0.15) is 48.2 Å². The Morgan fingerprint density at radius 2 is 1.74 bits per heavy atom. The van der Waals surface area contributed by atoms with Crippen molar-refractivity contribution in [2.45, 2.75) is 51.0 Å². The van der Waals surface area contributed by atoms with E-state index in [4.69, 9.17) is 19.9 Å². The number of anilines is 2. The molecule has 47 heavy (non-hydrogen) atoms. The van der Waals surface area contributed by atoms with Crippen LogP contribution in [0.5, 0.6) is 11.5 Å². The fraction of sp³-hybridized carbons (Fsp3) is 0.314. The van der Waals surface area contributed by atoms with Gasteiger partial charge < -0.3 is 40.9 Å². The highest BCUT2D eigenvalue weighted by atomic mass is 16.5. The smallest absolute Gasteiger partial charge is 0.247 e. The van der Waals surface area contributed by atoms with Gasteiger partial charge in [0.15, 0.2) is 5.60 Å². The van der Waals surface area contributed by atoms with Crippen LogP contribution in [0.25, 0.3) is 0 Å². The number of benzene rings is 3. The number of H-pyrrole nitrogens is 1. The molecule has 12 nitrogen and oxygen atoms in total.